The third kappa shape index (κ3) is 3.61. The summed E-state index contributed by atoms with van der Waals surface area (Å²) < 4.78 is 26.7. The number of fused-ring (bicyclic) bond motifs is 1. The zero-order chi connectivity index (χ0) is 20.6. The Morgan fingerprint density at radius 1 is 1.14 bits per heavy atom. The monoisotopic (exact) mass is 412 g/mol. The van der Waals surface area contributed by atoms with Crippen LogP contribution in [0.15, 0.2) is 59.7 Å². The normalized spacial score (nSPS) is 16.7. The molecule has 1 fully saturated rings. The summed E-state index contributed by atoms with van der Waals surface area (Å²) >= 11 is 0. The van der Waals surface area contributed by atoms with Crippen LogP contribution >= 0.6 is 0 Å². The number of carbonyl (C=O) groups excluding carboxylic acids is 1. The van der Waals surface area contributed by atoms with Gasteiger partial charge in [0.25, 0.3) is 5.56 Å². The van der Waals surface area contributed by atoms with E-state index < -0.39 is 16.1 Å². The van der Waals surface area contributed by atoms with Crippen molar-refractivity contribution in [2.24, 2.45) is 0 Å². The average Bonchev–Trinajstić information content (AvgIpc) is 3.07. The molecular weight excluding hydrogens is 392 g/mol. The van der Waals surface area contributed by atoms with Crippen LogP contribution in [0.25, 0.3) is 10.9 Å². The Morgan fingerprint density at radius 2 is 1.86 bits per heavy atom. The van der Waals surface area contributed by atoms with E-state index >= 15 is 0 Å². The molecule has 1 aliphatic heterocycles. The van der Waals surface area contributed by atoms with E-state index in [4.69, 9.17) is 0 Å². The molecule has 2 aromatic carbocycles. The van der Waals surface area contributed by atoms with E-state index in [-0.39, 0.29) is 17.2 Å². The molecule has 1 aromatic heterocycles. The lowest BCUT2D eigenvalue weighted by Crippen LogP contribution is -2.31. The maximum absolute atomic E-state index is 12.7. The molecular formula is C20H20N4O4S. The standard InChI is InChI=1S/C20H20N4O4S/c1-14(23-13-21-18-6-3-2-5-17(18)20(23)26)19(25)22-15-7-9-16(10-8-15)24-11-4-12-29(24,27)28/h2-3,5-10,13-14H,4,11-12H2,1H3,(H,22,25)/t14-/m0/s1. The van der Waals surface area contributed by atoms with Crippen LogP contribution in [-0.4, -0.2) is 36.2 Å². The van der Waals surface area contributed by atoms with Gasteiger partial charge in [0.15, 0.2) is 0 Å². The summed E-state index contributed by atoms with van der Waals surface area (Å²) in [5, 5.41) is 3.21. The van der Waals surface area contributed by atoms with Crippen molar-refractivity contribution >= 4 is 38.2 Å². The molecule has 29 heavy (non-hydrogen) atoms. The first kappa shape index (κ1) is 19.1. The number of para-hydroxylation sites is 1. The Balaban J connectivity index is 1.52. The zero-order valence-electron chi connectivity index (χ0n) is 15.8. The van der Waals surface area contributed by atoms with E-state index in [1.807, 2.05) is 0 Å². The number of hydrogen-bond acceptors (Lipinski definition) is 5. The molecule has 0 spiro atoms. The largest absolute Gasteiger partial charge is 0.324 e. The van der Waals surface area contributed by atoms with E-state index in [0.717, 1.165) is 0 Å². The van der Waals surface area contributed by atoms with E-state index in [2.05, 4.69) is 10.3 Å². The first-order valence-electron chi connectivity index (χ1n) is 9.24. The van der Waals surface area contributed by atoms with Crippen LogP contribution < -0.4 is 15.2 Å². The van der Waals surface area contributed by atoms with Crippen molar-refractivity contribution in [3.8, 4) is 0 Å². The summed E-state index contributed by atoms with van der Waals surface area (Å²) in [6.07, 6.45) is 1.98. The molecule has 2 heterocycles. The summed E-state index contributed by atoms with van der Waals surface area (Å²) in [6, 6.07) is 12.8. The Morgan fingerprint density at radius 3 is 2.55 bits per heavy atom. The number of nitrogens with zero attached hydrogens (tertiary/aromatic N) is 3. The molecule has 1 aliphatic rings. The number of carbonyl (C=O) groups is 1. The van der Waals surface area contributed by atoms with Crippen LogP contribution in [0, 0.1) is 0 Å². The quantitative estimate of drug-likeness (QED) is 0.707. The van der Waals surface area contributed by atoms with Gasteiger partial charge in [-0.25, -0.2) is 13.4 Å². The lowest BCUT2D eigenvalue weighted by molar-refractivity contribution is -0.118. The predicted molar refractivity (Wildman–Crippen MR) is 112 cm³/mol. The number of nitrogens with one attached hydrogen (secondary N) is 1. The van der Waals surface area contributed by atoms with Crippen molar-refractivity contribution in [2.45, 2.75) is 19.4 Å². The summed E-state index contributed by atoms with van der Waals surface area (Å²) in [4.78, 5) is 29.5. The van der Waals surface area contributed by atoms with Crippen molar-refractivity contribution in [3.05, 3.63) is 65.2 Å². The summed E-state index contributed by atoms with van der Waals surface area (Å²) in [5.41, 5.74) is 1.38. The Hall–Kier alpha value is -3.20. The minimum atomic E-state index is -3.25. The highest BCUT2D eigenvalue weighted by Gasteiger charge is 2.28. The van der Waals surface area contributed by atoms with Crippen molar-refractivity contribution in [2.75, 3.05) is 21.9 Å². The summed E-state index contributed by atoms with van der Waals surface area (Å²) in [7, 11) is -3.25. The third-order valence-corrected chi connectivity index (χ3v) is 6.88. The summed E-state index contributed by atoms with van der Waals surface area (Å²) in [5.74, 6) is -0.219. The first-order valence-corrected chi connectivity index (χ1v) is 10.8. The lowest BCUT2D eigenvalue weighted by atomic mass is 10.2. The Labute approximate surface area is 167 Å². The van der Waals surface area contributed by atoms with Gasteiger partial charge in [-0.3, -0.25) is 18.5 Å². The van der Waals surface area contributed by atoms with Gasteiger partial charge in [-0.1, -0.05) is 12.1 Å². The van der Waals surface area contributed by atoms with Crippen LogP contribution in [-0.2, 0) is 14.8 Å². The highest BCUT2D eigenvalue weighted by molar-refractivity contribution is 7.93. The van der Waals surface area contributed by atoms with Crippen LogP contribution in [0.1, 0.15) is 19.4 Å². The maximum atomic E-state index is 12.7. The van der Waals surface area contributed by atoms with Crippen molar-refractivity contribution in [1.82, 2.24) is 9.55 Å². The lowest BCUT2D eigenvalue weighted by Gasteiger charge is -2.18. The van der Waals surface area contributed by atoms with Crippen LogP contribution in [0.3, 0.4) is 0 Å². The molecule has 1 atom stereocenters. The highest BCUT2D eigenvalue weighted by Crippen LogP contribution is 2.25. The van der Waals surface area contributed by atoms with Gasteiger partial charge < -0.3 is 5.32 Å². The third-order valence-electron chi connectivity index (χ3n) is 5.01. The molecule has 0 saturated carbocycles. The fourth-order valence-electron chi connectivity index (χ4n) is 3.37. The molecule has 0 radical (unpaired) electrons. The Bertz CT molecular complexity index is 1240. The van der Waals surface area contributed by atoms with Gasteiger partial charge in [0, 0.05) is 12.2 Å². The van der Waals surface area contributed by atoms with Crippen molar-refractivity contribution < 1.29 is 13.2 Å². The second kappa shape index (κ2) is 7.32. The smallest absolute Gasteiger partial charge is 0.261 e. The van der Waals surface area contributed by atoms with Crippen LogP contribution in [0.2, 0.25) is 0 Å². The van der Waals surface area contributed by atoms with E-state index in [9.17, 15) is 18.0 Å². The van der Waals surface area contributed by atoms with Gasteiger partial charge in [-0.05, 0) is 49.7 Å². The Kier molecular flexibility index (Phi) is 4.83. The van der Waals surface area contributed by atoms with Gasteiger partial charge in [-0.15, -0.1) is 0 Å². The molecule has 3 aromatic rings. The molecule has 1 amide bonds. The number of anilines is 2. The summed E-state index contributed by atoms with van der Waals surface area (Å²) in [6.45, 7) is 2.08. The van der Waals surface area contributed by atoms with Gasteiger partial charge in [0.2, 0.25) is 15.9 Å². The minimum Gasteiger partial charge on any atom is -0.324 e. The average molecular weight is 412 g/mol. The number of amides is 1. The number of aromatic nitrogens is 2. The van der Waals surface area contributed by atoms with Gasteiger partial charge in [0.05, 0.1) is 28.7 Å². The van der Waals surface area contributed by atoms with Crippen LogP contribution in [0.4, 0.5) is 11.4 Å². The van der Waals surface area contributed by atoms with Gasteiger partial charge >= 0.3 is 0 Å². The molecule has 150 valence electrons. The van der Waals surface area contributed by atoms with E-state index in [1.165, 1.54) is 15.2 Å². The first-order chi connectivity index (χ1) is 13.9. The van der Waals surface area contributed by atoms with Crippen molar-refractivity contribution in [1.29, 1.82) is 0 Å². The van der Waals surface area contributed by atoms with Crippen LogP contribution in [0.5, 0.6) is 0 Å². The molecule has 4 rings (SSSR count). The molecule has 0 bridgehead atoms. The van der Waals surface area contributed by atoms with Gasteiger partial charge in [-0.2, -0.15) is 0 Å². The second-order valence-corrected chi connectivity index (χ2v) is 8.94. The fourth-order valence-corrected chi connectivity index (χ4v) is 4.94. The van der Waals surface area contributed by atoms with E-state index in [0.29, 0.717) is 35.2 Å². The number of benzene rings is 2. The highest BCUT2D eigenvalue weighted by atomic mass is 32.2. The SMILES string of the molecule is C[C@@H](C(=O)Nc1ccc(N2CCCS2(=O)=O)cc1)n1cnc2ccccc2c1=O. The van der Waals surface area contributed by atoms with Gasteiger partial charge in [0.1, 0.15) is 6.04 Å². The number of rotatable bonds is 4. The predicted octanol–water partition coefficient (Wildman–Crippen LogP) is 2.14. The minimum absolute atomic E-state index is 0.150. The molecule has 8 nitrogen and oxygen atoms in total. The van der Waals surface area contributed by atoms with E-state index in [1.54, 1.807) is 55.5 Å². The zero-order valence-corrected chi connectivity index (χ0v) is 16.6. The molecule has 0 unspecified atom stereocenters. The molecule has 1 saturated heterocycles. The topological polar surface area (TPSA) is 101 Å². The molecule has 1 N–H and O–H groups in total. The number of sulfonamides is 1. The van der Waals surface area contributed by atoms with Crippen molar-refractivity contribution in [3.63, 3.8) is 0 Å². The fraction of sp³-hybridized carbons (Fsp3) is 0.250. The molecule has 9 heteroatoms. The second-order valence-electron chi connectivity index (χ2n) is 6.93. The number of hydrogen-bond donors (Lipinski definition) is 1. The maximum Gasteiger partial charge on any atom is 0.261 e. The molecule has 0 aliphatic carbocycles.